The summed E-state index contributed by atoms with van der Waals surface area (Å²) in [5, 5.41) is 17.9. The number of hydrogen-bond acceptors (Lipinski definition) is 7. The average Bonchev–Trinajstić information content (AvgIpc) is 2.66. The van der Waals surface area contributed by atoms with E-state index in [4.69, 9.17) is 9.47 Å². The first-order valence-electron chi connectivity index (χ1n) is 7.66. The van der Waals surface area contributed by atoms with Gasteiger partial charge in [0.05, 0.1) is 43.5 Å². The van der Waals surface area contributed by atoms with Crippen LogP contribution in [0.1, 0.15) is 5.56 Å². The molecule has 2 aromatic rings. The predicted molar refractivity (Wildman–Crippen MR) is 110 cm³/mol. The second kappa shape index (κ2) is 9.71. The third-order valence-corrected chi connectivity index (χ3v) is 4.14. The first kappa shape index (κ1) is 20.4. The van der Waals surface area contributed by atoms with Crippen molar-refractivity contribution in [3.63, 3.8) is 0 Å². The molecule has 0 unspecified atom stereocenters. The summed E-state index contributed by atoms with van der Waals surface area (Å²) >= 11 is 2.19. The molecule has 142 valence electrons. The number of nitrogens with zero attached hydrogens (tertiary/aromatic N) is 2. The van der Waals surface area contributed by atoms with E-state index < -0.39 is 10.8 Å². The Balaban J connectivity index is 2.02. The highest BCUT2D eigenvalue weighted by atomic mass is 127. The van der Waals surface area contributed by atoms with Crippen LogP contribution in [0.4, 0.5) is 11.4 Å². The van der Waals surface area contributed by atoms with E-state index in [0.29, 0.717) is 5.75 Å². The zero-order valence-corrected chi connectivity index (χ0v) is 16.7. The molecule has 0 saturated carbocycles. The number of benzene rings is 2. The third kappa shape index (κ3) is 5.81. The van der Waals surface area contributed by atoms with E-state index in [9.17, 15) is 14.9 Å². The lowest BCUT2D eigenvalue weighted by atomic mass is 10.1. The van der Waals surface area contributed by atoms with Gasteiger partial charge in [-0.3, -0.25) is 14.9 Å². The maximum Gasteiger partial charge on any atom is 0.282 e. The van der Waals surface area contributed by atoms with Crippen LogP contribution < -0.4 is 20.2 Å². The lowest BCUT2D eigenvalue weighted by Gasteiger charge is -2.08. The number of rotatable bonds is 8. The molecule has 2 rings (SSSR count). The molecule has 2 aromatic carbocycles. The third-order valence-electron chi connectivity index (χ3n) is 3.42. The van der Waals surface area contributed by atoms with Crippen LogP contribution in [-0.4, -0.2) is 37.8 Å². The SMILES string of the molecule is COc1cc(/C=N\NC(=O)CNc2ccc(I)cc2)c([N+](=O)[O-])cc1OC. The minimum Gasteiger partial charge on any atom is -0.493 e. The molecule has 1 amide bonds. The number of ether oxygens (including phenoxy) is 2. The van der Waals surface area contributed by atoms with Gasteiger partial charge in [0, 0.05) is 9.26 Å². The van der Waals surface area contributed by atoms with E-state index in [1.165, 1.54) is 32.6 Å². The molecule has 0 saturated heterocycles. The molecular formula is C17H17IN4O5. The highest BCUT2D eigenvalue weighted by Gasteiger charge is 2.18. The topological polar surface area (TPSA) is 115 Å². The van der Waals surface area contributed by atoms with Crippen molar-refractivity contribution >= 4 is 46.1 Å². The molecular weight excluding hydrogens is 467 g/mol. The molecule has 27 heavy (non-hydrogen) atoms. The summed E-state index contributed by atoms with van der Waals surface area (Å²) in [6, 6.07) is 10.2. The van der Waals surface area contributed by atoms with E-state index in [-0.39, 0.29) is 23.5 Å². The van der Waals surface area contributed by atoms with Crippen LogP contribution in [0.2, 0.25) is 0 Å². The number of anilines is 1. The van der Waals surface area contributed by atoms with E-state index in [1.54, 1.807) is 0 Å². The first-order valence-corrected chi connectivity index (χ1v) is 8.74. The number of nitro groups is 1. The maximum atomic E-state index is 11.8. The average molecular weight is 484 g/mol. The van der Waals surface area contributed by atoms with Crippen molar-refractivity contribution in [2.75, 3.05) is 26.1 Å². The fraction of sp³-hybridized carbons (Fsp3) is 0.176. The molecule has 0 atom stereocenters. The number of methoxy groups -OCH3 is 2. The fourth-order valence-corrected chi connectivity index (χ4v) is 2.47. The highest BCUT2D eigenvalue weighted by molar-refractivity contribution is 14.1. The standard InChI is InChI=1S/C17H17IN4O5/c1-26-15-7-11(14(22(24)25)8-16(15)27-2)9-20-21-17(23)10-19-13-5-3-12(18)4-6-13/h3-9,19H,10H2,1-2H3,(H,21,23)/b20-9-. The van der Waals surface area contributed by atoms with Gasteiger partial charge in [0.25, 0.3) is 11.6 Å². The van der Waals surface area contributed by atoms with Gasteiger partial charge in [0.15, 0.2) is 11.5 Å². The molecule has 0 aliphatic rings. The van der Waals surface area contributed by atoms with Gasteiger partial charge in [-0.25, -0.2) is 5.43 Å². The lowest BCUT2D eigenvalue weighted by molar-refractivity contribution is -0.385. The lowest BCUT2D eigenvalue weighted by Crippen LogP contribution is -2.25. The van der Waals surface area contributed by atoms with Gasteiger partial charge >= 0.3 is 0 Å². The van der Waals surface area contributed by atoms with Gasteiger partial charge in [0.2, 0.25) is 0 Å². The Morgan fingerprint density at radius 2 is 1.85 bits per heavy atom. The Kier molecular flexibility index (Phi) is 7.34. The van der Waals surface area contributed by atoms with E-state index in [1.807, 2.05) is 24.3 Å². The Bertz CT molecular complexity index is 855. The van der Waals surface area contributed by atoms with Crippen LogP contribution in [0.25, 0.3) is 0 Å². The number of nitrogens with one attached hydrogen (secondary N) is 2. The largest absolute Gasteiger partial charge is 0.493 e. The van der Waals surface area contributed by atoms with Crippen LogP contribution in [0.3, 0.4) is 0 Å². The summed E-state index contributed by atoms with van der Waals surface area (Å²) in [7, 11) is 2.80. The second-order valence-electron chi connectivity index (χ2n) is 5.18. The number of amides is 1. The minimum absolute atomic E-state index is 0.00591. The van der Waals surface area contributed by atoms with Crippen molar-refractivity contribution < 1.29 is 19.2 Å². The van der Waals surface area contributed by atoms with Gasteiger partial charge in [0.1, 0.15) is 0 Å². The summed E-state index contributed by atoms with van der Waals surface area (Å²) in [6.45, 7) is 0.00591. The molecule has 9 nitrogen and oxygen atoms in total. The second-order valence-corrected chi connectivity index (χ2v) is 6.42. The summed E-state index contributed by atoms with van der Waals surface area (Å²) in [5.41, 5.74) is 3.06. The van der Waals surface area contributed by atoms with Crippen molar-refractivity contribution in [3.05, 3.63) is 55.6 Å². The Labute approximate surface area is 169 Å². The normalized spacial score (nSPS) is 10.5. The smallest absolute Gasteiger partial charge is 0.282 e. The number of carbonyl (C=O) groups is 1. The molecule has 0 bridgehead atoms. The Morgan fingerprint density at radius 1 is 1.22 bits per heavy atom. The molecule has 2 N–H and O–H groups in total. The first-order chi connectivity index (χ1) is 12.9. The molecule has 0 radical (unpaired) electrons. The summed E-state index contributed by atoms with van der Waals surface area (Å²) in [4.78, 5) is 22.5. The zero-order chi connectivity index (χ0) is 19.8. The van der Waals surface area contributed by atoms with Crippen molar-refractivity contribution in [2.45, 2.75) is 0 Å². The Morgan fingerprint density at radius 3 is 2.44 bits per heavy atom. The van der Waals surface area contributed by atoms with Crippen LogP contribution in [-0.2, 0) is 4.79 Å². The number of carbonyl (C=O) groups excluding carboxylic acids is 1. The fourth-order valence-electron chi connectivity index (χ4n) is 2.11. The Hall–Kier alpha value is -2.89. The van der Waals surface area contributed by atoms with Gasteiger partial charge in [-0.2, -0.15) is 5.10 Å². The van der Waals surface area contributed by atoms with Crippen molar-refractivity contribution in [2.24, 2.45) is 5.10 Å². The summed E-state index contributed by atoms with van der Waals surface area (Å²) in [6.07, 6.45) is 1.18. The summed E-state index contributed by atoms with van der Waals surface area (Å²) < 4.78 is 11.3. The van der Waals surface area contributed by atoms with Crippen molar-refractivity contribution in [1.29, 1.82) is 0 Å². The molecule has 10 heteroatoms. The number of hydrazone groups is 1. The van der Waals surface area contributed by atoms with E-state index in [0.717, 1.165) is 9.26 Å². The van der Waals surface area contributed by atoms with Crippen LogP contribution >= 0.6 is 22.6 Å². The monoisotopic (exact) mass is 484 g/mol. The number of nitro benzene ring substituents is 1. The molecule has 0 spiro atoms. The van der Waals surface area contributed by atoms with Gasteiger partial charge in [-0.05, 0) is 52.9 Å². The minimum atomic E-state index is -0.566. The van der Waals surface area contributed by atoms with Gasteiger partial charge in [-0.1, -0.05) is 0 Å². The predicted octanol–water partition coefficient (Wildman–Crippen LogP) is 2.78. The molecule has 0 aliphatic heterocycles. The number of halogens is 1. The molecule has 0 aliphatic carbocycles. The van der Waals surface area contributed by atoms with Crippen LogP contribution in [0, 0.1) is 13.7 Å². The van der Waals surface area contributed by atoms with Gasteiger partial charge in [-0.15, -0.1) is 0 Å². The van der Waals surface area contributed by atoms with Crippen molar-refractivity contribution in [3.8, 4) is 11.5 Å². The molecule has 0 fully saturated rings. The summed E-state index contributed by atoms with van der Waals surface area (Å²) in [5.74, 6) is 0.149. The maximum absolute atomic E-state index is 11.8. The number of hydrogen-bond donors (Lipinski definition) is 2. The van der Waals surface area contributed by atoms with E-state index >= 15 is 0 Å². The highest BCUT2D eigenvalue weighted by Crippen LogP contribution is 2.33. The quantitative estimate of drug-likeness (QED) is 0.258. The van der Waals surface area contributed by atoms with Crippen molar-refractivity contribution in [1.82, 2.24) is 5.43 Å². The molecule has 0 heterocycles. The van der Waals surface area contributed by atoms with Gasteiger partial charge < -0.3 is 14.8 Å². The van der Waals surface area contributed by atoms with Crippen LogP contribution in [0.15, 0.2) is 41.5 Å². The molecule has 0 aromatic heterocycles. The van der Waals surface area contributed by atoms with Crippen LogP contribution in [0.5, 0.6) is 11.5 Å². The zero-order valence-electron chi connectivity index (χ0n) is 14.6. The van der Waals surface area contributed by atoms with E-state index in [2.05, 4.69) is 38.4 Å².